The first-order valence-corrected chi connectivity index (χ1v) is 6.81. The van der Waals surface area contributed by atoms with E-state index in [1.54, 1.807) is 4.68 Å². The van der Waals surface area contributed by atoms with Crippen molar-refractivity contribution in [1.29, 1.82) is 0 Å². The van der Waals surface area contributed by atoms with Crippen LogP contribution < -0.4 is 4.74 Å². The van der Waals surface area contributed by atoms with Crippen LogP contribution in [-0.2, 0) is 11.3 Å². The minimum absolute atomic E-state index is 0.0487. The maximum Gasteiger partial charge on any atom is 0.303 e. The highest BCUT2D eigenvalue weighted by Crippen LogP contribution is 2.21. The van der Waals surface area contributed by atoms with Gasteiger partial charge in [0.05, 0.1) is 6.61 Å². The second kappa shape index (κ2) is 6.83. The van der Waals surface area contributed by atoms with E-state index in [4.69, 9.17) is 9.84 Å². The molecule has 21 heavy (non-hydrogen) atoms. The van der Waals surface area contributed by atoms with Crippen LogP contribution in [0.4, 0.5) is 0 Å². The molecule has 0 amide bonds. The van der Waals surface area contributed by atoms with Crippen LogP contribution in [0.3, 0.4) is 0 Å². The Hall–Kier alpha value is -2.44. The van der Waals surface area contributed by atoms with E-state index < -0.39 is 5.97 Å². The second-order valence-electron chi connectivity index (χ2n) is 4.85. The molecule has 0 aliphatic rings. The maximum absolute atomic E-state index is 10.7. The van der Waals surface area contributed by atoms with Crippen LogP contribution in [0, 0.1) is 5.92 Å². The number of ether oxygens (including phenoxy) is 1. The molecule has 1 heterocycles. The average molecular weight is 290 g/mol. The Morgan fingerprint density at radius 1 is 1.38 bits per heavy atom. The quantitative estimate of drug-likeness (QED) is 0.837. The van der Waals surface area contributed by atoms with Crippen molar-refractivity contribution in [2.24, 2.45) is 5.92 Å². The molecule has 0 radical (unpaired) electrons. The second-order valence-corrected chi connectivity index (χ2v) is 4.85. The maximum atomic E-state index is 10.7. The first-order chi connectivity index (χ1) is 10.1. The normalized spacial score (nSPS) is 12.1. The standard InChI is InChI=1S/C14H18N4O3/c1-3-21-12-6-4-11(5-7-12)14-15-16-17-18(14)9-10(2)8-13(19)20/h4-7,10H,3,8-9H2,1-2H3,(H,19,20). The predicted octanol–water partition coefficient (Wildman–Crippen LogP) is 1.85. The molecule has 0 saturated carbocycles. The average Bonchev–Trinajstić information content (AvgIpc) is 2.87. The van der Waals surface area contributed by atoms with Gasteiger partial charge in [-0.1, -0.05) is 6.92 Å². The Kier molecular flexibility index (Phi) is 4.86. The van der Waals surface area contributed by atoms with Crippen LogP contribution in [-0.4, -0.2) is 37.9 Å². The van der Waals surface area contributed by atoms with Crippen molar-refractivity contribution in [3.05, 3.63) is 24.3 Å². The Morgan fingerprint density at radius 3 is 2.71 bits per heavy atom. The summed E-state index contributed by atoms with van der Waals surface area (Å²) in [6, 6.07) is 7.49. The molecule has 1 unspecified atom stereocenters. The van der Waals surface area contributed by atoms with Gasteiger partial charge in [0.15, 0.2) is 5.82 Å². The molecular weight excluding hydrogens is 272 g/mol. The van der Waals surface area contributed by atoms with Crippen LogP contribution >= 0.6 is 0 Å². The van der Waals surface area contributed by atoms with E-state index in [1.807, 2.05) is 38.1 Å². The van der Waals surface area contributed by atoms with Gasteiger partial charge in [-0.15, -0.1) is 5.10 Å². The van der Waals surface area contributed by atoms with Gasteiger partial charge in [-0.3, -0.25) is 4.79 Å². The van der Waals surface area contributed by atoms with Gasteiger partial charge in [0.2, 0.25) is 0 Å². The molecule has 0 aliphatic carbocycles. The molecule has 0 saturated heterocycles. The molecule has 2 rings (SSSR count). The van der Waals surface area contributed by atoms with Crippen molar-refractivity contribution in [1.82, 2.24) is 20.2 Å². The van der Waals surface area contributed by atoms with Gasteiger partial charge in [-0.05, 0) is 47.5 Å². The van der Waals surface area contributed by atoms with Crippen molar-refractivity contribution in [3.63, 3.8) is 0 Å². The van der Waals surface area contributed by atoms with Gasteiger partial charge >= 0.3 is 5.97 Å². The lowest BCUT2D eigenvalue weighted by molar-refractivity contribution is -0.138. The van der Waals surface area contributed by atoms with Crippen molar-refractivity contribution >= 4 is 5.97 Å². The number of hydrogen-bond donors (Lipinski definition) is 1. The summed E-state index contributed by atoms with van der Waals surface area (Å²) in [6.07, 6.45) is 0.0859. The number of carboxylic acid groups (broad SMARTS) is 1. The van der Waals surface area contributed by atoms with Crippen molar-refractivity contribution in [3.8, 4) is 17.1 Å². The lowest BCUT2D eigenvalue weighted by Gasteiger charge is -2.10. The summed E-state index contributed by atoms with van der Waals surface area (Å²) in [5.41, 5.74) is 0.867. The zero-order valence-electron chi connectivity index (χ0n) is 12.1. The summed E-state index contributed by atoms with van der Waals surface area (Å²) < 4.78 is 7.02. The number of nitrogens with zero attached hydrogens (tertiary/aromatic N) is 4. The van der Waals surface area contributed by atoms with Crippen LogP contribution in [0.25, 0.3) is 11.4 Å². The summed E-state index contributed by atoms with van der Waals surface area (Å²) in [5, 5.41) is 20.4. The molecule has 1 aromatic carbocycles. The largest absolute Gasteiger partial charge is 0.494 e. The first kappa shape index (κ1) is 15.0. The summed E-state index contributed by atoms with van der Waals surface area (Å²) in [7, 11) is 0. The summed E-state index contributed by atoms with van der Waals surface area (Å²) in [6.45, 7) is 4.86. The molecule has 112 valence electrons. The Bertz CT molecular complexity index is 595. The number of carboxylic acids is 1. The van der Waals surface area contributed by atoms with E-state index in [1.165, 1.54) is 0 Å². The number of aromatic nitrogens is 4. The van der Waals surface area contributed by atoms with Gasteiger partial charge in [0.25, 0.3) is 0 Å². The number of tetrazole rings is 1. The van der Waals surface area contributed by atoms with Gasteiger partial charge in [-0.25, -0.2) is 4.68 Å². The number of benzene rings is 1. The lowest BCUT2D eigenvalue weighted by atomic mass is 10.1. The molecule has 1 atom stereocenters. The Morgan fingerprint density at radius 2 is 2.10 bits per heavy atom. The van der Waals surface area contributed by atoms with Gasteiger partial charge in [0, 0.05) is 18.5 Å². The SMILES string of the molecule is CCOc1ccc(-c2nnnn2CC(C)CC(=O)O)cc1. The fraction of sp³-hybridized carbons (Fsp3) is 0.429. The predicted molar refractivity (Wildman–Crippen MR) is 75.8 cm³/mol. The third kappa shape index (κ3) is 4.01. The van der Waals surface area contributed by atoms with Gasteiger partial charge in [0.1, 0.15) is 5.75 Å². The molecule has 7 heteroatoms. The van der Waals surface area contributed by atoms with Crippen molar-refractivity contribution in [2.75, 3.05) is 6.61 Å². The van der Waals surface area contributed by atoms with Crippen molar-refractivity contribution in [2.45, 2.75) is 26.8 Å². The van der Waals surface area contributed by atoms with Crippen LogP contribution in [0.5, 0.6) is 5.75 Å². The van der Waals surface area contributed by atoms with E-state index in [-0.39, 0.29) is 12.3 Å². The first-order valence-electron chi connectivity index (χ1n) is 6.81. The Labute approximate surface area is 122 Å². The van der Waals surface area contributed by atoms with E-state index in [9.17, 15) is 4.79 Å². The molecule has 0 bridgehead atoms. The third-order valence-corrected chi connectivity index (χ3v) is 2.96. The molecule has 1 aromatic heterocycles. The zero-order chi connectivity index (χ0) is 15.2. The van der Waals surface area contributed by atoms with Crippen LogP contribution in [0.2, 0.25) is 0 Å². The number of carbonyl (C=O) groups is 1. The summed E-state index contributed by atoms with van der Waals surface area (Å²) >= 11 is 0. The van der Waals surface area contributed by atoms with Gasteiger partial charge in [-0.2, -0.15) is 0 Å². The molecule has 7 nitrogen and oxygen atoms in total. The highest BCUT2D eigenvalue weighted by molar-refractivity contribution is 5.66. The highest BCUT2D eigenvalue weighted by atomic mass is 16.5. The van der Waals surface area contributed by atoms with E-state index in [0.717, 1.165) is 11.3 Å². The third-order valence-electron chi connectivity index (χ3n) is 2.96. The monoisotopic (exact) mass is 290 g/mol. The van der Waals surface area contributed by atoms with E-state index in [2.05, 4.69) is 15.5 Å². The zero-order valence-corrected chi connectivity index (χ0v) is 12.1. The number of hydrogen-bond acceptors (Lipinski definition) is 5. The fourth-order valence-electron chi connectivity index (χ4n) is 2.06. The van der Waals surface area contributed by atoms with E-state index in [0.29, 0.717) is 19.0 Å². The van der Waals surface area contributed by atoms with Crippen LogP contribution in [0.1, 0.15) is 20.3 Å². The molecule has 0 aliphatic heterocycles. The molecule has 2 aromatic rings. The highest BCUT2D eigenvalue weighted by Gasteiger charge is 2.14. The smallest absolute Gasteiger partial charge is 0.303 e. The molecular formula is C14H18N4O3. The van der Waals surface area contributed by atoms with Gasteiger partial charge < -0.3 is 9.84 Å². The van der Waals surface area contributed by atoms with Crippen LogP contribution in [0.15, 0.2) is 24.3 Å². The minimum atomic E-state index is -0.821. The number of aliphatic carboxylic acids is 1. The Balaban J connectivity index is 2.13. The topological polar surface area (TPSA) is 90.1 Å². The van der Waals surface area contributed by atoms with E-state index >= 15 is 0 Å². The van der Waals surface area contributed by atoms with Crippen molar-refractivity contribution < 1.29 is 14.6 Å². The summed E-state index contributed by atoms with van der Waals surface area (Å²) in [4.78, 5) is 10.7. The molecule has 1 N–H and O–H groups in total. The molecule has 0 spiro atoms. The molecule has 0 fully saturated rings. The fourth-order valence-corrected chi connectivity index (χ4v) is 2.06. The number of rotatable bonds is 7. The summed E-state index contributed by atoms with van der Waals surface area (Å²) in [5.74, 6) is 0.542. The minimum Gasteiger partial charge on any atom is -0.494 e. The lowest BCUT2D eigenvalue weighted by Crippen LogP contribution is -2.14.